The standard InChI is InChI=1S/C35H36N2O7S/c1-6-43-35(39)44-30-22-37(20-25-9-7-8-10-29(25)42-5)34-31(32(30)38)28(33(45-34)24-13-17-27(41-4)18-14-24)21-36(2)19-23-11-15-26(40-3)16-12-23/h7-18,22H,6,19-21H2,1-5H3. The molecule has 0 spiro atoms. The number of methoxy groups -OCH3 is 3. The molecule has 0 aliphatic carbocycles. The quantitative estimate of drug-likeness (QED) is 0.137. The van der Waals surface area contributed by atoms with E-state index in [9.17, 15) is 9.59 Å². The Labute approximate surface area is 266 Å². The summed E-state index contributed by atoms with van der Waals surface area (Å²) in [4.78, 5) is 30.4. The Balaban J connectivity index is 1.68. The van der Waals surface area contributed by atoms with Crippen LogP contribution < -0.4 is 24.4 Å². The SMILES string of the molecule is CCOC(=O)Oc1cn(Cc2ccccc2OC)c2sc(-c3ccc(OC)cc3)c(CN(C)Cc3ccc(OC)cc3)c2c1=O. The molecule has 234 valence electrons. The number of carbonyl (C=O) groups is 1. The van der Waals surface area contributed by atoms with Crippen molar-refractivity contribution in [2.75, 3.05) is 35.0 Å². The number of nitrogens with zero attached hydrogens (tertiary/aromatic N) is 2. The first-order chi connectivity index (χ1) is 21.8. The summed E-state index contributed by atoms with van der Waals surface area (Å²) in [5, 5.41) is 0.490. The maximum absolute atomic E-state index is 14.2. The Morgan fingerprint density at radius 3 is 2.16 bits per heavy atom. The molecule has 0 saturated carbocycles. The highest BCUT2D eigenvalue weighted by Crippen LogP contribution is 2.40. The second-order valence-electron chi connectivity index (χ2n) is 10.4. The lowest BCUT2D eigenvalue weighted by Crippen LogP contribution is -2.21. The number of rotatable bonds is 12. The molecule has 9 nitrogen and oxygen atoms in total. The molecule has 2 aromatic heterocycles. The van der Waals surface area contributed by atoms with Crippen LogP contribution in [0.4, 0.5) is 4.79 Å². The van der Waals surface area contributed by atoms with Crippen molar-refractivity contribution in [1.29, 1.82) is 0 Å². The van der Waals surface area contributed by atoms with Crippen molar-refractivity contribution in [3.05, 3.63) is 106 Å². The number of fused-ring (bicyclic) bond motifs is 1. The average molecular weight is 629 g/mol. The fourth-order valence-corrected chi connectivity index (χ4v) is 6.50. The Bertz CT molecular complexity index is 1830. The van der Waals surface area contributed by atoms with Crippen LogP contribution in [-0.4, -0.2) is 50.6 Å². The van der Waals surface area contributed by atoms with Crippen molar-refractivity contribution in [3.8, 4) is 33.4 Å². The van der Waals surface area contributed by atoms with Gasteiger partial charge < -0.3 is 28.3 Å². The van der Waals surface area contributed by atoms with Gasteiger partial charge in [0.15, 0.2) is 5.75 Å². The van der Waals surface area contributed by atoms with Gasteiger partial charge in [0.2, 0.25) is 5.43 Å². The van der Waals surface area contributed by atoms with E-state index in [1.807, 2.05) is 84.4 Å². The van der Waals surface area contributed by atoms with Gasteiger partial charge in [0.05, 0.1) is 46.1 Å². The van der Waals surface area contributed by atoms with Gasteiger partial charge in [-0.15, -0.1) is 11.3 Å². The summed E-state index contributed by atoms with van der Waals surface area (Å²) in [7, 11) is 6.91. The van der Waals surface area contributed by atoms with Gasteiger partial charge in [-0.1, -0.05) is 30.3 Å². The number of hydrogen-bond donors (Lipinski definition) is 0. The van der Waals surface area contributed by atoms with E-state index >= 15 is 0 Å². The van der Waals surface area contributed by atoms with Crippen LogP contribution in [0.15, 0.2) is 83.8 Å². The smallest absolute Gasteiger partial charge is 0.497 e. The Morgan fingerprint density at radius 2 is 1.51 bits per heavy atom. The average Bonchev–Trinajstić information content (AvgIpc) is 3.43. The molecule has 10 heteroatoms. The van der Waals surface area contributed by atoms with Gasteiger partial charge in [0.1, 0.15) is 22.1 Å². The molecule has 0 saturated heterocycles. The zero-order valence-electron chi connectivity index (χ0n) is 26.0. The molecule has 0 atom stereocenters. The van der Waals surface area contributed by atoms with Crippen LogP contribution in [0.25, 0.3) is 20.7 Å². The number of thiophene rings is 1. The minimum atomic E-state index is -0.929. The normalized spacial score (nSPS) is 11.1. The molecule has 2 heterocycles. The van der Waals surface area contributed by atoms with Crippen LogP contribution in [0, 0.1) is 0 Å². The lowest BCUT2D eigenvalue weighted by molar-refractivity contribution is 0.104. The van der Waals surface area contributed by atoms with Gasteiger partial charge in [-0.2, -0.15) is 0 Å². The second kappa shape index (κ2) is 14.3. The Hall–Kier alpha value is -4.80. The topological polar surface area (TPSA) is 88.5 Å². The minimum Gasteiger partial charge on any atom is -0.497 e. The number of ether oxygens (including phenoxy) is 5. The lowest BCUT2D eigenvalue weighted by Gasteiger charge is -2.18. The summed E-state index contributed by atoms with van der Waals surface area (Å²) in [5.74, 6) is 2.13. The van der Waals surface area contributed by atoms with Crippen molar-refractivity contribution < 1.29 is 28.5 Å². The van der Waals surface area contributed by atoms with E-state index in [0.29, 0.717) is 30.8 Å². The molecule has 0 amide bonds. The molecule has 3 aromatic carbocycles. The highest BCUT2D eigenvalue weighted by Gasteiger charge is 2.24. The summed E-state index contributed by atoms with van der Waals surface area (Å²) < 4.78 is 28.8. The summed E-state index contributed by atoms with van der Waals surface area (Å²) in [5.41, 5.74) is 3.41. The zero-order chi connectivity index (χ0) is 31.9. The maximum Gasteiger partial charge on any atom is 0.514 e. The molecule has 5 rings (SSSR count). The molecule has 5 aromatic rings. The van der Waals surface area contributed by atoms with Crippen molar-refractivity contribution in [1.82, 2.24) is 9.47 Å². The Kier molecular flexibility index (Phi) is 10.1. The van der Waals surface area contributed by atoms with Gasteiger partial charge in [0, 0.05) is 23.5 Å². The largest absolute Gasteiger partial charge is 0.514 e. The fraction of sp³-hybridized carbons (Fsp3) is 0.257. The number of para-hydroxylation sites is 1. The number of aromatic nitrogens is 1. The highest BCUT2D eigenvalue weighted by atomic mass is 32.1. The molecule has 0 aliphatic heterocycles. The lowest BCUT2D eigenvalue weighted by atomic mass is 10.0. The third kappa shape index (κ3) is 7.13. The molecule has 0 radical (unpaired) electrons. The van der Waals surface area contributed by atoms with Crippen LogP contribution in [-0.2, 0) is 24.4 Å². The van der Waals surface area contributed by atoms with Crippen molar-refractivity contribution >= 4 is 27.7 Å². The first-order valence-electron chi connectivity index (χ1n) is 14.5. The minimum absolute atomic E-state index is 0.103. The number of benzene rings is 3. The van der Waals surface area contributed by atoms with Crippen LogP contribution in [0.3, 0.4) is 0 Å². The van der Waals surface area contributed by atoms with Crippen LogP contribution in [0.1, 0.15) is 23.6 Å². The molecule has 45 heavy (non-hydrogen) atoms. The van der Waals surface area contributed by atoms with E-state index in [2.05, 4.69) is 4.90 Å². The van der Waals surface area contributed by atoms with Gasteiger partial charge in [-0.05, 0) is 73.1 Å². The van der Waals surface area contributed by atoms with E-state index < -0.39 is 6.16 Å². The summed E-state index contributed by atoms with van der Waals surface area (Å²) in [6.45, 7) is 3.28. The predicted molar refractivity (Wildman–Crippen MR) is 176 cm³/mol. The fourth-order valence-electron chi connectivity index (χ4n) is 5.21. The summed E-state index contributed by atoms with van der Waals surface area (Å²) in [6, 6.07) is 23.4. The van der Waals surface area contributed by atoms with Crippen LogP contribution in [0.2, 0.25) is 0 Å². The van der Waals surface area contributed by atoms with Gasteiger partial charge in [0.25, 0.3) is 0 Å². The van der Waals surface area contributed by atoms with Gasteiger partial charge in [-0.3, -0.25) is 9.69 Å². The summed E-state index contributed by atoms with van der Waals surface area (Å²) >= 11 is 1.52. The molecule has 0 N–H and O–H groups in total. The first-order valence-corrected chi connectivity index (χ1v) is 15.3. The molecule has 0 aliphatic rings. The van der Waals surface area contributed by atoms with E-state index in [0.717, 1.165) is 43.5 Å². The third-order valence-corrected chi connectivity index (χ3v) is 8.67. The van der Waals surface area contributed by atoms with E-state index in [4.69, 9.17) is 23.7 Å². The number of carbonyl (C=O) groups excluding carboxylic acids is 1. The molecule has 0 unspecified atom stereocenters. The van der Waals surface area contributed by atoms with Crippen LogP contribution >= 0.6 is 11.3 Å². The first kappa shape index (κ1) is 31.6. The molecule has 0 bridgehead atoms. The third-order valence-electron chi connectivity index (χ3n) is 7.35. The van der Waals surface area contributed by atoms with Crippen LogP contribution in [0.5, 0.6) is 23.0 Å². The second-order valence-corrected chi connectivity index (χ2v) is 11.4. The van der Waals surface area contributed by atoms with E-state index in [1.54, 1.807) is 34.4 Å². The van der Waals surface area contributed by atoms with E-state index in [-0.39, 0.29) is 17.8 Å². The zero-order valence-corrected chi connectivity index (χ0v) is 26.8. The Morgan fingerprint density at radius 1 is 0.844 bits per heavy atom. The molecule has 0 fully saturated rings. The molecular formula is C35H36N2O7S. The monoisotopic (exact) mass is 628 g/mol. The predicted octanol–water partition coefficient (Wildman–Crippen LogP) is 6.97. The van der Waals surface area contributed by atoms with Crippen molar-refractivity contribution in [3.63, 3.8) is 0 Å². The highest BCUT2D eigenvalue weighted by molar-refractivity contribution is 7.22. The number of hydrogen-bond acceptors (Lipinski definition) is 9. The van der Waals surface area contributed by atoms with Crippen molar-refractivity contribution in [2.24, 2.45) is 0 Å². The summed E-state index contributed by atoms with van der Waals surface area (Å²) in [6.07, 6.45) is 0.647. The van der Waals surface area contributed by atoms with Gasteiger partial charge >= 0.3 is 6.16 Å². The van der Waals surface area contributed by atoms with Crippen molar-refractivity contribution in [2.45, 2.75) is 26.6 Å². The van der Waals surface area contributed by atoms with E-state index in [1.165, 1.54) is 11.3 Å². The van der Waals surface area contributed by atoms with Gasteiger partial charge in [-0.25, -0.2) is 4.79 Å². The maximum atomic E-state index is 14.2. The number of pyridine rings is 1. The molecular weight excluding hydrogens is 592 g/mol.